The Bertz CT molecular complexity index is 1430. The third-order valence-corrected chi connectivity index (χ3v) is 6.40. The van der Waals surface area contributed by atoms with Gasteiger partial charge in [0.2, 0.25) is 0 Å². The number of aryl methyl sites for hydroxylation is 1. The van der Waals surface area contributed by atoms with Crippen molar-refractivity contribution >= 4 is 26.6 Å². The van der Waals surface area contributed by atoms with E-state index in [2.05, 4.69) is 14.8 Å². The maximum atomic E-state index is 13.1. The molecule has 0 fully saturated rings. The van der Waals surface area contributed by atoms with E-state index in [9.17, 15) is 21.6 Å². The number of anilines is 1. The molecule has 172 valence electrons. The molecule has 2 heterocycles. The second kappa shape index (κ2) is 8.39. The quantitative estimate of drug-likeness (QED) is 0.428. The molecule has 33 heavy (non-hydrogen) atoms. The van der Waals surface area contributed by atoms with Crippen LogP contribution < -0.4 is 9.46 Å². The summed E-state index contributed by atoms with van der Waals surface area (Å²) in [5.41, 5.74) is 0.595. The number of aromatic nitrogens is 3. The van der Waals surface area contributed by atoms with Crippen LogP contribution in [0.1, 0.15) is 17.0 Å². The fourth-order valence-corrected chi connectivity index (χ4v) is 4.71. The van der Waals surface area contributed by atoms with Gasteiger partial charge in [-0.15, -0.1) is 0 Å². The van der Waals surface area contributed by atoms with E-state index in [1.807, 2.05) is 0 Å². The highest BCUT2D eigenvalue weighted by molar-refractivity contribution is 7.93. The number of para-hydroxylation sites is 1. The molecule has 0 radical (unpaired) electrons. The maximum absolute atomic E-state index is 13.1. The van der Waals surface area contributed by atoms with Gasteiger partial charge in [0.05, 0.1) is 28.2 Å². The van der Waals surface area contributed by atoms with Crippen molar-refractivity contribution in [2.75, 3.05) is 4.72 Å². The van der Waals surface area contributed by atoms with Gasteiger partial charge in [0.15, 0.2) is 6.73 Å². The monoisotopic (exact) mass is 476 g/mol. The summed E-state index contributed by atoms with van der Waals surface area (Å²) in [7, 11) is -3.99. The first-order valence-corrected chi connectivity index (χ1v) is 11.3. The average molecular weight is 476 g/mol. The molecule has 2 aromatic heterocycles. The summed E-state index contributed by atoms with van der Waals surface area (Å²) in [6.45, 7) is 3.05. The van der Waals surface area contributed by atoms with Crippen LogP contribution in [0.2, 0.25) is 0 Å². The van der Waals surface area contributed by atoms with E-state index in [0.717, 1.165) is 12.1 Å². The smallest absolute Gasteiger partial charge is 0.416 e. The molecular formula is C22H19F3N4O3S. The molecule has 0 aliphatic heterocycles. The first kappa shape index (κ1) is 22.6. The molecule has 0 amide bonds. The van der Waals surface area contributed by atoms with Crippen molar-refractivity contribution in [3.05, 3.63) is 77.7 Å². The van der Waals surface area contributed by atoms with Gasteiger partial charge in [0.25, 0.3) is 10.0 Å². The number of hydrogen-bond acceptors (Lipinski definition) is 5. The molecule has 4 rings (SSSR count). The summed E-state index contributed by atoms with van der Waals surface area (Å²) in [6.07, 6.45) is -2.97. The fraction of sp³-hybridized carbons (Fsp3) is 0.182. The van der Waals surface area contributed by atoms with Crippen molar-refractivity contribution in [3.8, 4) is 5.75 Å². The van der Waals surface area contributed by atoms with E-state index in [1.165, 1.54) is 29.1 Å². The lowest BCUT2D eigenvalue weighted by Gasteiger charge is -2.12. The standard InChI is InChI=1S/C22H19F3N4O3S/c1-14-20(28-33(30,31)19-10-3-6-16-7-5-11-26-21(16)19)15(2)29(27-14)13-32-18-9-4-8-17(12-18)22(23,24)25/h3-12,28H,13H2,1-2H3. The molecule has 7 nitrogen and oxygen atoms in total. The van der Waals surface area contributed by atoms with Crippen LogP contribution in [0.4, 0.5) is 18.9 Å². The molecule has 0 unspecified atom stereocenters. The number of hydrogen-bond donors (Lipinski definition) is 1. The van der Waals surface area contributed by atoms with Crippen LogP contribution in [0, 0.1) is 13.8 Å². The summed E-state index contributed by atoms with van der Waals surface area (Å²) in [4.78, 5) is 4.21. The zero-order valence-corrected chi connectivity index (χ0v) is 18.4. The largest absolute Gasteiger partial charge is 0.471 e. The number of pyridine rings is 1. The SMILES string of the molecule is Cc1nn(COc2cccc(C(F)(F)F)c2)c(C)c1NS(=O)(=O)c1cccc2cccnc12. The normalized spacial score (nSPS) is 12.2. The number of nitrogens with zero attached hydrogens (tertiary/aromatic N) is 3. The highest BCUT2D eigenvalue weighted by Crippen LogP contribution is 2.32. The van der Waals surface area contributed by atoms with Crippen molar-refractivity contribution in [1.29, 1.82) is 0 Å². The van der Waals surface area contributed by atoms with Crippen LogP contribution in [0.5, 0.6) is 5.75 Å². The predicted molar refractivity (Wildman–Crippen MR) is 116 cm³/mol. The van der Waals surface area contributed by atoms with Crippen LogP contribution in [0.25, 0.3) is 10.9 Å². The first-order chi connectivity index (χ1) is 15.6. The molecular weight excluding hydrogens is 457 g/mol. The van der Waals surface area contributed by atoms with E-state index < -0.39 is 21.8 Å². The van der Waals surface area contributed by atoms with E-state index in [4.69, 9.17) is 4.74 Å². The fourth-order valence-electron chi connectivity index (χ4n) is 3.35. The molecule has 4 aromatic rings. The topological polar surface area (TPSA) is 86.1 Å². The van der Waals surface area contributed by atoms with Crippen LogP contribution in [0.15, 0.2) is 65.7 Å². The molecule has 0 spiro atoms. The number of fused-ring (bicyclic) bond motifs is 1. The first-order valence-electron chi connectivity index (χ1n) is 9.77. The Hall–Kier alpha value is -3.60. The van der Waals surface area contributed by atoms with Gasteiger partial charge in [-0.05, 0) is 44.2 Å². The van der Waals surface area contributed by atoms with Crippen LogP contribution >= 0.6 is 0 Å². The molecule has 0 saturated carbocycles. The van der Waals surface area contributed by atoms with Gasteiger partial charge in [0, 0.05) is 11.6 Å². The van der Waals surface area contributed by atoms with Gasteiger partial charge in [0.1, 0.15) is 10.6 Å². The predicted octanol–water partition coefficient (Wildman–Crippen LogP) is 4.90. The number of nitrogens with one attached hydrogen (secondary N) is 1. The zero-order chi connectivity index (χ0) is 23.8. The number of alkyl halides is 3. The third-order valence-electron chi connectivity index (χ3n) is 5.02. The van der Waals surface area contributed by atoms with Crippen LogP contribution in [-0.4, -0.2) is 23.2 Å². The number of benzene rings is 2. The van der Waals surface area contributed by atoms with E-state index in [-0.39, 0.29) is 23.1 Å². The second-order valence-electron chi connectivity index (χ2n) is 7.28. The average Bonchev–Trinajstić information content (AvgIpc) is 3.04. The lowest BCUT2D eigenvalue weighted by Crippen LogP contribution is -2.15. The molecule has 11 heteroatoms. The zero-order valence-electron chi connectivity index (χ0n) is 17.6. The molecule has 0 aliphatic rings. The Morgan fingerprint density at radius 3 is 2.55 bits per heavy atom. The van der Waals surface area contributed by atoms with Gasteiger partial charge >= 0.3 is 6.18 Å². The summed E-state index contributed by atoms with van der Waals surface area (Å²) in [5, 5.41) is 4.94. The van der Waals surface area contributed by atoms with Gasteiger partial charge in [-0.1, -0.05) is 24.3 Å². The Labute approximate surface area is 187 Å². The van der Waals surface area contributed by atoms with Crippen LogP contribution in [-0.2, 0) is 22.9 Å². The lowest BCUT2D eigenvalue weighted by atomic mass is 10.2. The van der Waals surface area contributed by atoms with Gasteiger partial charge in [-0.25, -0.2) is 13.1 Å². The van der Waals surface area contributed by atoms with E-state index in [1.54, 1.807) is 38.1 Å². The highest BCUT2D eigenvalue weighted by Gasteiger charge is 2.30. The number of ether oxygens (including phenoxy) is 1. The molecule has 0 aliphatic carbocycles. The third kappa shape index (κ3) is 4.63. The Morgan fingerprint density at radius 1 is 1.06 bits per heavy atom. The molecule has 2 aromatic carbocycles. The highest BCUT2D eigenvalue weighted by atomic mass is 32.2. The van der Waals surface area contributed by atoms with Gasteiger partial charge in [-0.2, -0.15) is 18.3 Å². The van der Waals surface area contributed by atoms with Gasteiger partial charge < -0.3 is 4.74 Å². The minimum atomic E-state index is -4.49. The summed E-state index contributed by atoms with van der Waals surface area (Å²) < 4.78 is 74.3. The number of sulfonamides is 1. The van der Waals surface area contributed by atoms with Crippen molar-refractivity contribution < 1.29 is 26.3 Å². The van der Waals surface area contributed by atoms with Crippen molar-refractivity contribution in [3.63, 3.8) is 0 Å². The molecule has 0 atom stereocenters. The summed E-state index contributed by atoms with van der Waals surface area (Å²) >= 11 is 0. The minimum Gasteiger partial charge on any atom is -0.471 e. The Balaban J connectivity index is 1.58. The lowest BCUT2D eigenvalue weighted by molar-refractivity contribution is -0.137. The summed E-state index contributed by atoms with van der Waals surface area (Å²) in [6, 6.07) is 12.8. The van der Waals surface area contributed by atoms with Crippen LogP contribution in [0.3, 0.4) is 0 Å². The van der Waals surface area contributed by atoms with E-state index >= 15 is 0 Å². The number of halogens is 3. The van der Waals surface area contributed by atoms with Crippen molar-refractivity contribution in [2.45, 2.75) is 31.7 Å². The minimum absolute atomic E-state index is 0.0151. The Kier molecular flexibility index (Phi) is 5.75. The van der Waals surface area contributed by atoms with Crippen molar-refractivity contribution in [2.24, 2.45) is 0 Å². The number of rotatable bonds is 6. The van der Waals surface area contributed by atoms with Crippen molar-refractivity contribution in [1.82, 2.24) is 14.8 Å². The van der Waals surface area contributed by atoms with E-state index in [0.29, 0.717) is 22.3 Å². The maximum Gasteiger partial charge on any atom is 0.416 e. The Morgan fingerprint density at radius 2 is 1.79 bits per heavy atom. The second-order valence-corrected chi connectivity index (χ2v) is 8.93. The molecule has 0 saturated heterocycles. The summed E-state index contributed by atoms with van der Waals surface area (Å²) in [5.74, 6) is 0.0151. The molecule has 1 N–H and O–H groups in total. The molecule has 0 bridgehead atoms. The van der Waals surface area contributed by atoms with Gasteiger partial charge in [-0.3, -0.25) is 9.71 Å².